The van der Waals surface area contributed by atoms with Gasteiger partial charge >= 0.3 is 0 Å². The summed E-state index contributed by atoms with van der Waals surface area (Å²) in [4.78, 5) is 0. The first-order chi connectivity index (χ1) is 25.8. The summed E-state index contributed by atoms with van der Waals surface area (Å²) in [5.41, 5.74) is 15.0. The van der Waals surface area contributed by atoms with Crippen LogP contribution in [-0.4, -0.2) is 9.13 Å². The van der Waals surface area contributed by atoms with E-state index in [9.17, 15) is 0 Å². The van der Waals surface area contributed by atoms with Crippen molar-refractivity contribution in [1.29, 1.82) is 0 Å². The van der Waals surface area contributed by atoms with Crippen LogP contribution < -0.4 is 0 Å². The number of rotatable bonds is 3. The second-order valence-corrected chi connectivity index (χ2v) is 14.1. The van der Waals surface area contributed by atoms with E-state index in [1.165, 1.54) is 110 Å². The lowest BCUT2D eigenvalue weighted by atomic mass is 9.99. The Morgan fingerprint density at radius 1 is 0.288 bits per heavy atom. The van der Waals surface area contributed by atoms with Crippen LogP contribution in [0.1, 0.15) is 0 Å². The number of nitrogens with zero attached hydrogens (tertiary/aromatic N) is 2. The largest absolute Gasteiger partial charge is 0.309 e. The van der Waals surface area contributed by atoms with Gasteiger partial charge in [-0.2, -0.15) is 0 Å². The average molecular weight is 659 g/mol. The molecule has 1 aliphatic rings. The third-order valence-corrected chi connectivity index (χ3v) is 11.4. The van der Waals surface area contributed by atoms with Crippen molar-refractivity contribution < 1.29 is 0 Å². The van der Waals surface area contributed by atoms with E-state index in [1.807, 2.05) is 0 Å². The van der Waals surface area contributed by atoms with Crippen molar-refractivity contribution >= 4 is 65.2 Å². The van der Waals surface area contributed by atoms with Crippen molar-refractivity contribution in [3.8, 4) is 44.8 Å². The molecular formula is C50H30N2. The van der Waals surface area contributed by atoms with Gasteiger partial charge in [0, 0.05) is 32.6 Å². The van der Waals surface area contributed by atoms with E-state index >= 15 is 0 Å². The molecule has 0 atom stereocenters. The molecule has 11 aromatic rings. The van der Waals surface area contributed by atoms with Crippen molar-refractivity contribution in [3.63, 3.8) is 0 Å². The zero-order valence-electron chi connectivity index (χ0n) is 28.2. The SMILES string of the molecule is c1ccc(-n2c3ccccc3c3cc(-c4ccc5c(c4)c4c6ccccc6ccc4n5-c4ccc5c6c(cccc46)-c4ccccc4-5)ccc32)cc1. The first-order valence-corrected chi connectivity index (χ1v) is 18.0. The fourth-order valence-corrected chi connectivity index (χ4v) is 9.23. The topological polar surface area (TPSA) is 9.86 Å². The van der Waals surface area contributed by atoms with Crippen LogP contribution in [0.3, 0.4) is 0 Å². The molecule has 0 saturated heterocycles. The predicted octanol–water partition coefficient (Wildman–Crippen LogP) is 13.5. The van der Waals surface area contributed by atoms with Crippen LogP contribution in [0.4, 0.5) is 0 Å². The van der Waals surface area contributed by atoms with E-state index in [2.05, 4.69) is 191 Å². The molecule has 12 rings (SSSR count). The summed E-state index contributed by atoms with van der Waals surface area (Å²) in [5, 5.41) is 10.2. The fourth-order valence-electron chi connectivity index (χ4n) is 9.23. The fraction of sp³-hybridized carbons (Fsp3) is 0. The van der Waals surface area contributed by atoms with Gasteiger partial charge in [0.25, 0.3) is 0 Å². The van der Waals surface area contributed by atoms with Crippen LogP contribution in [0.15, 0.2) is 182 Å². The lowest BCUT2D eigenvalue weighted by Gasteiger charge is -2.14. The predicted molar refractivity (Wildman–Crippen MR) is 220 cm³/mol. The molecule has 0 amide bonds. The van der Waals surface area contributed by atoms with E-state index in [4.69, 9.17) is 0 Å². The molecule has 0 radical (unpaired) electrons. The molecule has 0 aliphatic heterocycles. The Balaban J connectivity index is 1.13. The summed E-state index contributed by atoms with van der Waals surface area (Å²) in [6, 6.07) is 67.2. The third kappa shape index (κ3) is 3.68. The Bertz CT molecular complexity index is 3260. The monoisotopic (exact) mass is 658 g/mol. The maximum atomic E-state index is 2.50. The van der Waals surface area contributed by atoms with Gasteiger partial charge in [0.2, 0.25) is 0 Å². The van der Waals surface area contributed by atoms with Crippen molar-refractivity contribution in [3.05, 3.63) is 182 Å². The Labute approximate surface area is 300 Å². The second kappa shape index (κ2) is 10.3. The normalized spacial score (nSPS) is 12.2. The molecule has 0 unspecified atom stereocenters. The number of aromatic nitrogens is 2. The van der Waals surface area contributed by atoms with Crippen LogP contribution in [0.5, 0.6) is 0 Å². The number of para-hydroxylation sites is 2. The van der Waals surface area contributed by atoms with Gasteiger partial charge in [0.15, 0.2) is 0 Å². The van der Waals surface area contributed by atoms with Crippen LogP contribution in [0, 0.1) is 0 Å². The lowest BCUT2D eigenvalue weighted by molar-refractivity contribution is 1.18. The summed E-state index contributed by atoms with van der Waals surface area (Å²) in [6.07, 6.45) is 0. The van der Waals surface area contributed by atoms with Gasteiger partial charge in [-0.25, -0.2) is 0 Å². The van der Waals surface area contributed by atoms with E-state index in [0.717, 1.165) is 0 Å². The zero-order valence-corrected chi connectivity index (χ0v) is 28.2. The maximum Gasteiger partial charge on any atom is 0.0547 e. The van der Waals surface area contributed by atoms with Gasteiger partial charge in [0.05, 0.1) is 27.8 Å². The number of benzene rings is 9. The van der Waals surface area contributed by atoms with Crippen LogP contribution >= 0.6 is 0 Å². The van der Waals surface area contributed by atoms with Gasteiger partial charge < -0.3 is 9.13 Å². The molecule has 0 spiro atoms. The second-order valence-electron chi connectivity index (χ2n) is 14.1. The molecule has 0 bridgehead atoms. The molecule has 0 fully saturated rings. The highest BCUT2D eigenvalue weighted by Crippen LogP contribution is 2.49. The highest BCUT2D eigenvalue weighted by molar-refractivity contribution is 6.24. The first-order valence-electron chi connectivity index (χ1n) is 18.0. The number of hydrogen-bond acceptors (Lipinski definition) is 0. The molecular weight excluding hydrogens is 629 g/mol. The molecule has 52 heavy (non-hydrogen) atoms. The molecule has 2 aromatic heterocycles. The van der Waals surface area contributed by atoms with E-state index in [0.29, 0.717) is 0 Å². The molecule has 2 nitrogen and oxygen atoms in total. The summed E-state index contributed by atoms with van der Waals surface area (Å²) >= 11 is 0. The van der Waals surface area contributed by atoms with Gasteiger partial charge in [-0.05, 0) is 104 Å². The lowest BCUT2D eigenvalue weighted by Crippen LogP contribution is -1.96. The number of fused-ring (bicyclic) bond motifs is 11. The summed E-state index contributed by atoms with van der Waals surface area (Å²) in [5.74, 6) is 0. The maximum absolute atomic E-state index is 2.50. The van der Waals surface area contributed by atoms with Crippen molar-refractivity contribution in [1.82, 2.24) is 9.13 Å². The Morgan fingerprint density at radius 2 is 0.885 bits per heavy atom. The molecule has 0 saturated carbocycles. The van der Waals surface area contributed by atoms with E-state index in [-0.39, 0.29) is 0 Å². The van der Waals surface area contributed by atoms with Crippen LogP contribution in [0.2, 0.25) is 0 Å². The molecule has 1 aliphatic carbocycles. The molecule has 0 N–H and O–H groups in total. The standard InChI is InChI=1S/C50H30N2/c1-2-12-34(13-3-1)51-44-20-9-8-17-38(44)42-29-32(22-25-46(42)51)33-23-26-47-43(30-33)50-35-14-5-4-11-31(35)21-27-48(50)52(47)45-28-24-40-37-16-7-6-15-36(37)39-18-10-19-41(45)49(39)40/h1-30H. The molecule has 240 valence electrons. The Kier molecular flexibility index (Phi) is 5.53. The Hall–Kier alpha value is -6.90. The molecule has 9 aromatic carbocycles. The number of hydrogen-bond donors (Lipinski definition) is 0. The Morgan fingerprint density at radius 3 is 1.71 bits per heavy atom. The van der Waals surface area contributed by atoms with Crippen LogP contribution in [-0.2, 0) is 0 Å². The van der Waals surface area contributed by atoms with Crippen molar-refractivity contribution in [2.24, 2.45) is 0 Å². The quantitative estimate of drug-likeness (QED) is 0.179. The minimum atomic E-state index is 1.18. The summed E-state index contributed by atoms with van der Waals surface area (Å²) in [6.45, 7) is 0. The van der Waals surface area contributed by atoms with Gasteiger partial charge in [-0.3, -0.25) is 0 Å². The summed E-state index contributed by atoms with van der Waals surface area (Å²) < 4.78 is 4.89. The van der Waals surface area contributed by atoms with Crippen molar-refractivity contribution in [2.45, 2.75) is 0 Å². The van der Waals surface area contributed by atoms with E-state index < -0.39 is 0 Å². The minimum absolute atomic E-state index is 1.18. The third-order valence-electron chi connectivity index (χ3n) is 11.4. The van der Waals surface area contributed by atoms with E-state index in [1.54, 1.807) is 0 Å². The van der Waals surface area contributed by atoms with Gasteiger partial charge in [-0.15, -0.1) is 0 Å². The molecule has 2 heterocycles. The van der Waals surface area contributed by atoms with Gasteiger partial charge in [0.1, 0.15) is 0 Å². The first kappa shape index (κ1) is 27.9. The highest BCUT2D eigenvalue weighted by atomic mass is 15.0. The smallest absolute Gasteiger partial charge is 0.0547 e. The van der Waals surface area contributed by atoms with Gasteiger partial charge in [-0.1, -0.05) is 127 Å². The minimum Gasteiger partial charge on any atom is -0.309 e. The zero-order chi connectivity index (χ0) is 33.9. The van der Waals surface area contributed by atoms with Crippen LogP contribution in [0.25, 0.3) is 110 Å². The molecule has 2 heteroatoms. The summed E-state index contributed by atoms with van der Waals surface area (Å²) in [7, 11) is 0. The highest BCUT2D eigenvalue weighted by Gasteiger charge is 2.24. The van der Waals surface area contributed by atoms with Crippen molar-refractivity contribution in [2.75, 3.05) is 0 Å². The average Bonchev–Trinajstić information content (AvgIpc) is 3.85.